The van der Waals surface area contributed by atoms with Crippen molar-refractivity contribution >= 4 is 30.7 Å². The molecule has 0 aliphatic rings. The minimum absolute atomic E-state index is 0. The first-order valence-electron chi connectivity index (χ1n) is 8.05. The minimum atomic E-state index is -0.546. The molecule has 26 heavy (non-hydrogen) atoms. The van der Waals surface area contributed by atoms with Gasteiger partial charge >= 0.3 is 0 Å². The Morgan fingerprint density at radius 1 is 1.08 bits per heavy atom. The van der Waals surface area contributed by atoms with Gasteiger partial charge in [0, 0.05) is 19.6 Å². The van der Waals surface area contributed by atoms with Crippen LogP contribution in [0.1, 0.15) is 11.1 Å². The van der Waals surface area contributed by atoms with E-state index in [-0.39, 0.29) is 36.5 Å². The Hall–Kier alpha value is -1.66. The van der Waals surface area contributed by atoms with Crippen molar-refractivity contribution in [2.75, 3.05) is 20.1 Å². The predicted molar refractivity (Wildman–Crippen MR) is 108 cm³/mol. The molecule has 0 saturated heterocycles. The van der Waals surface area contributed by atoms with E-state index in [1.807, 2.05) is 37.4 Å². The molecule has 0 fully saturated rings. The van der Waals surface area contributed by atoms with Crippen molar-refractivity contribution in [2.45, 2.75) is 19.0 Å². The van der Waals surface area contributed by atoms with Crippen LogP contribution in [0, 0.1) is 5.82 Å². The number of rotatable bonds is 8. The van der Waals surface area contributed by atoms with E-state index in [0.717, 1.165) is 11.1 Å². The van der Waals surface area contributed by atoms with Crippen LogP contribution >= 0.6 is 24.8 Å². The molecule has 3 N–H and O–H groups in total. The van der Waals surface area contributed by atoms with Gasteiger partial charge in [0.2, 0.25) is 5.91 Å². The Bertz CT molecular complexity index is 641. The van der Waals surface area contributed by atoms with Crippen LogP contribution in [0.15, 0.2) is 54.6 Å². The summed E-state index contributed by atoms with van der Waals surface area (Å²) in [6.07, 6.45) is 0.526. The number of halogens is 3. The van der Waals surface area contributed by atoms with Crippen molar-refractivity contribution in [1.82, 2.24) is 10.2 Å². The molecular weight excluding hydrogens is 376 g/mol. The molecule has 0 aromatic heterocycles. The lowest BCUT2D eigenvalue weighted by molar-refractivity contribution is -0.122. The third-order valence-electron chi connectivity index (χ3n) is 3.79. The summed E-state index contributed by atoms with van der Waals surface area (Å²) in [5.74, 6) is -0.380. The summed E-state index contributed by atoms with van der Waals surface area (Å²) in [6.45, 7) is 1.92. The van der Waals surface area contributed by atoms with Crippen LogP contribution in [-0.2, 0) is 17.8 Å². The fourth-order valence-corrected chi connectivity index (χ4v) is 2.44. The van der Waals surface area contributed by atoms with Crippen molar-refractivity contribution in [1.29, 1.82) is 0 Å². The van der Waals surface area contributed by atoms with Crippen LogP contribution < -0.4 is 11.1 Å². The largest absolute Gasteiger partial charge is 0.353 e. The molecule has 1 unspecified atom stereocenters. The number of amides is 1. The fourth-order valence-electron chi connectivity index (χ4n) is 2.44. The number of carbonyl (C=O) groups excluding carboxylic acids is 1. The van der Waals surface area contributed by atoms with Gasteiger partial charge in [-0.2, -0.15) is 0 Å². The van der Waals surface area contributed by atoms with Crippen molar-refractivity contribution in [3.8, 4) is 0 Å². The van der Waals surface area contributed by atoms with E-state index < -0.39 is 6.04 Å². The molecule has 0 spiro atoms. The standard InChI is InChI=1S/C19H24FN3O.2ClH/c1-23(14-16-7-9-17(20)10-8-16)12-11-22-19(24)18(21)13-15-5-3-2-4-6-15;;/h2-10,18H,11-14,21H2,1H3,(H,22,24);2*1H. The summed E-state index contributed by atoms with van der Waals surface area (Å²) in [6, 6.07) is 15.6. The average molecular weight is 402 g/mol. The van der Waals surface area contributed by atoms with E-state index in [1.54, 1.807) is 12.1 Å². The molecule has 1 atom stereocenters. The molecule has 1 amide bonds. The van der Waals surface area contributed by atoms with Crippen molar-refractivity contribution in [2.24, 2.45) is 5.73 Å². The predicted octanol–water partition coefficient (Wildman–Crippen LogP) is 2.79. The molecule has 0 saturated carbocycles. The Balaban J connectivity index is 0.00000312. The second-order valence-corrected chi connectivity index (χ2v) is 5.95. The van der Waals surface area contributed by atoms with E-state index in [1.165, 1.54) is 12.1 Å². The zero-order valence-electron chi connectivity index (χ0n) is 14.7. The summed E-state index contributed by atoms with van der Waals surface area (Å²) in [5, 5.41) is 2.86. The normalized spacial score (nSPS) is 11.2. The van der Waals surface area contributed by atoms with Crippen LogP contribution in [0.3, 0.4) is 0 Å². The number of hydrogen-bond donors (Lipinski definition) is 2. The number of hydrogen-bond acceptors (Lipinski definition) is 3. The molecular formula is C19H26Cl2FN3O. The Labute approximate surface area is 166 Å². The molecule has 0 radical (unpaired) electrons. The molecule has 7 heteroatoms. The SMILES string of the molecule is CN(CCNC(=O)C(N)Cc1ccccc1)Cc1ccc(F)cc1.Cl.Cl. The molecule has 2 aromatic carbocycles. The van der Waals surface area contributed by atoms with Gasteiger partial charge in [-0.3, -0.25) is 4.79 Å². The first-order chi connectivity index (χ1) is 11.5. The number of likely N-dealkylation sites (N-methyl/N-ethyl adjacent to an activating group) is 1. The Morgan fingerprint density at radius 3 is 2.31 bits per heavy atom. The number of carbonyl (C=O) groups is 1. The fraction of sp³-hybridized carbons (Fsp3) is 0.316. The molecule has 0 bridgehead atoms. The van der Waals surface area contributed by atoms with Crippen LogP contribution in [-0.4, -0.2) is 37.0 Å². The van der Waals surface area contributed by atoms with Crippen LogP contribution in [0.25, 0.3) is 0 Å². The van der Waals surface area contributed by atoms with Gasteiger partial charge < -0.3 is 16.0 Å². The number of nitrogens with zero attached hydrogens (tertiary/aromatic N) is 1. The molecule has 144 valence electrons. The van der Waals surface area contributed by atoms with E-state index in [0.29, 0.717) is 26.1 Å². The monoisotopic (exact) mass is 401 g/mol. The quantitative estimate of drug-likeness (QED) is 0.714. The van der Waals surface area contributed by atoms with Crippen LogP contribution in [0.5, 0.6) is 0 Å². The van der Waals surface area contributed by atoms with Crippen LogP contribution in [0.2, 0.25) is 0 Å². The Kier molecular flexibility index (Phi) is 11.8. The van der Waals surface area contributed by atoms with E-state index in [9.17, 15) is 9.18 Å². The lowest BCUT2D eigenvalue weighted by atomic mass is 10.1. The summed E-state index contributed by atoms with van der Waals surface area (Å²) in [4.78, 5) is 14.1. The number of benzene rings is 2. The first-order valence-corrected chi connectivity index (χ1v) is 8.05. The lowest BCUT2D eigenvalue weighted by Gasteiger charge is -2.18. The van der Waals surface area contributed by atoms with Gasteiger partial charge in [-0.25, -0.2) is 4.39 Å². The van der Waals surface area contributed by atoms with Gasteiger partial charge in [0.1, 0.15) is 5.82 Å². The van der Waals surface area contributed by atoms with Gasteiger partial charge in [-0.1, -0.05) is 42.5 Å². The highest BCUT2D eigenvalue weighted by Gasteiger charge is 2.13. The molecule has 0 heterocycles. The van der Waals surface area contributed by atoms with Crippen molar-refractivity contribution in [3.05, 3.63) is 71.5 Å². The number of nitrogens with two attached hydrogens (primary N) is 1. The number of nitrogens with one attached hydrogen (secondary N) is 1. The first kappa shape index (κ1) is 24.3. The summed E-state index contributed by atoms with van der Waals surface area (Å²) >= 11 is 0. The zero-order valence-corrected chi connectivity index (χ0v) is 16.4. The molecule has 2 rings (SSSR count). The lowest BCUT2D eigenvalue weighted by Crippen LogP contribution is -2.44. The molecule has 0 aliphatic carbocycles. The highest BCUT2D eigenvalue weighted by atomic mass is 35.5. The molecule has 2 aromatic rings. The minimum Gasteiger partial charge on any atom is -0.353 e. The van der Waals surface area contributed by atoms with Gasteiger partial charge in [0.15, 0.2) is 0 Å². The second kappa shape index (κ2) is 12.7. The average Bonchev–Trinajstić information content (AvgIpc) is 2.57. The van der Waals surface area contributed by atoms with E-state index in [4.69, 9.17) is 5.73 Å². The highest BCUT2D eigenvalue weighted by Crippen LogP contribution is 2.05. The van der Waals surface area contributed by atoms with Gasteiger partial charge in [0.25, 0.3) is 0 Å². The van der Waals surface area contributed by atoms with Crippen molar-refractivity contribution in [3.63, 3.8) is 0 Å². The maximum absolute atomic E-state index is 12.9. The van der Waals surface area contributed by atoms with Crippen LogP contribution in [0.4, 0.5) is 4.39 Å². The zero-order chi connectivity index (χ0) is 17.4. The van der Waals surface area contributed by atoms with Gasteiger partial charge in [-0.05, 0) is 36.7 Å². The summed E-state index contributed by atoms with van der Waals surface area (Å²) < 4.78 is 12.9. The maximum atomic E-state index is 12.9. The second-order valence-electron chi connectivity index (χ2n) is 5.95. The summed E-state index contributed by atoms with van der Waals surface area (Å²) in [7, 11) is 1.96. The third-order valence-corrected chi connectivity index (χ3v) is 3.79. The van der Waals surface area contributed by atoms with E-state index >= 15 is 0 Å². The third kappa shape index (κ3) is 8.63. The topological polar surface area (TPSA) is 58.4 Å². The van der Waals surface area contributed by atoms with Gasteiger partial charge in [0.05, 0.1) is 6.04 Å². The van der Waals surface area contributed by atoms with E-state index in [2.05, 4.69) is 10.2 Å². The van der Waals surface area contributed by atoms with Gasteiger partial charge in [-0.15, -0.1) is 24.8 Å². The molecule has 4 nitrogen and oxygen atoms in total. The smallest absolute Gasteiger partial charge is 0.237 e. The summed E-state index contributed by atoms with van der Waals surface area (Å²) in [5.41, 5.74) is 8.03. The molecule has 0 aliphatic heterocycles. The van der Waals surface area contributed by atoms with Crippen molar-refractivity contribution < 1.29 is 9.18 Å². The Morgan fingerprint density at radius 2 is 1.69 bits per heavy atom. The maximum Gasteiger partial charge on any atom is 0.237 e. The highest BCUT2D eigenvalue weighted by molar-refractivity contribution is 5.85.